The van der Waals surface area contributed by atoms with Crippen molar-refractivity contribution in [1.82, 2.24) is 10.6 Å². The Morgan fingerprint density at radius 2 is 2.17 bits per heavy atom. The minimum absolute atomic E-state index is 0.277. The van der Waals surface area contributed by atoms with Crippen LogP contribution in [0.25, 0.3) is 11.0 Å². The summed E-state index contributed by atoms with van der Waals surface area (Å²) < 4.78 is 22.1. The zero-order chi connectivity index (χ0) is 17.0. The van der Waals surface area contributed by atoms with Crippen LogP contribution in [0.5, 0.6) is 5.75 Å². The number of nitrogens with one attached hydrogen (secondary N) is 2. The maximum absolute atomic E-state index is 11.9. The van der Waals surface area contributed by atoms with Gasteiger partial charge in [-0.1, -0.05) is 0 Å². The zero-order valence-electron chi connectivity index (χ0n) is 13.8. The highest BCUT2D eigenvalue weighted by Gasteiger charge is 2.18. The van der Waals surface area contributed by atoms with Crippen molar-refractivity contribution in [3.05, 3.63) is 29.5 Å². The maximum Gasteiger partial charge on any atom is 0.315 e. The molecule has 7 heteroatoms. The van der Waals surface area contributed by atoms with E-state index in [1.807, 2.05) is 32.0 Å². The van der Waals surface area contributed by atoms with Crippen molar-refractivity contribution in [1.29, 1.82) is 0 Å². The van der Waals surface area contributed by atoms with Crippen LogP contribution in [0.2, 0.25) is 0 Å². The van der Waals surface area contributed by atoms with E-state index in [1.54, 1.807) is 13.4 Å². The van der Waals surface area contributed by atoms with Crippen molar-refractivity contribution < 1.29 is 18.2 Å². The van der Waals surface area contributed by atoms with E-state index in [0.29, 0.717) is 18.1 Å². The number of fused-ring (bicyclic) bond motifs is 1. The van der Waals surface area contributed by atoms with Gasteiger partial charge in [0.2, 0.25) is 0 Å². The van der Waals surface area contributed by atoms with Gasteiger partial charge in [-0.05, 0) is 32.0 Å². The molecule has 0 spiro atoms. The molecule has 1 heterocycles. The summed E-state index contributed by atoms with van der Waals surface area (Å²) in [5.74, 6) is 1.91. The molecule has 0 aliphatic rings. The summed E-state index contributed by atoms with van der Waals surface area (Å²) in [5, 5.41) is 6.48. The SMILES string of the molecule is COc1ccc2oc([C@@H](C)NC(=O)NCC[S@](C)=O)c(C)c2c1. The Labute approximate surface area is 138 Å². The number of rotatable bonds is 6. The minimum atomic E-state index is -0.921. The summed E-state index contributed by atoms with van der Waals surface area (Å²) in [4.78, 5) is 11.9. The molecule has 2 rings (SSSR count). The molecule has 0 unspecified atom stereocenters. The normalized spacial score (nSPS) is 13.6. The van der Waals surface area contributed by atoms with Crippen molar-refractivity contribution >= 4 is 27.8 Å². The smallest absolute Gasteiger partial charge is 0.315 e. The lowest BCUT2D eigenvalue weighted by Gasteiger charge is -2.13. The lowest BCUT2D eigenvalue weighted by Crippen LogP contribution is -2.38. The molecule has 1 aromatic carbocycles. The quantitative estimate of drug-likeness (QED) is 0.848. The number of benzene rings is 1. The number of methoxy groups -OCH3 is 1. The van der Waals surface area contributed by atoms with E-state index >= 15 is 0 Å². The van der Waals surface area contributed by atoms with E-state index in [4.69, 9.17) is 9.15 Å². The monoisotopic (exact) mass is 338 g/mol. The Morgan fingerprint density at radius 3 is 2.83 bits per heavy atom. The highest BCUT2D eigenvalue weighted by atomic mass is 32.2. The van der Waals surface area contributed by atoms with Gasteiger partial charge in [0, 0.05) is 40.3 Å². The Balaban J connectivity index is 2.08. The largest absolute Gasteiger partial charge is 0.497 e. The van der Waals surface area contributed by atoms with Gasteiger partial charge in [0.1, 0.15) is 17.1 Å². The number of ether oxygens (including phenoxy) is 1. The molecule has 0 fully saturated rings. The zero-order valence-corrected chi connectivity index (χ0v) is 14.6. The molecule has 2 N–H and O–H groups in total. The number of amides is 2. The van der Waals surface area contributed by atoms with Crippen LogP contribution in [0.3, 0.4) is 0 Å². The first kappa shape index (κ1) is 17.3. The molecule has 2 atom stereocenters. The first-order valence-corrected chi connectivity index (χ1v) is 9.06. The third-order valence-electron chi connectivity index (χ3n) is 3.60. The van der Waals surface area contributed by atoms with Crippen molar-refractivity contribution in [3.63, 3.8) is 0 Å². The second kappa shape index (κ2) is 7.50. The van der Waals surface area contributed by atoms with Crippen LogP contribution in [0, 0.1) is 6.92 Å². The van der Waals surface area contributed by atoms with Gasteiger partial charge < -0.3 is 19.8 Å². The van der Waals surface area contributed by atoms with E-state index in [0.717, 1.165) is 22.3 Å². The average molecular weight is 338 g/mol. The number of aryl methyl sites for hydroxylation is 1. The Hall–Kier alpha value is -2.02. The predicted octanol–water partition coefficient (Wildman–Crippen LogP) is 2.49. The molecule has 0 saturated heterocycles. The average Bonchev–Trinajstić information content (AvgIpc) is 2.83. The molecule has 0 saturated carbocycles. The number of hydrogen-bond donors (Lipinski definition) is 2. The number of carbonyl (C=O) groups excluding carboxylic acids is 1. The van der Waals surface area contributed by atoms with Gasteiger partial charge in [-0.2, -0.15) is 0 Å². The van der Waals surface area contributed by atoms with Gasteiger partial charge in [0.25, 0.3) is 0 Å². The molecule has 0 aliphatic carbocycles. The van der Waals surface area contributed by atoms with Crippen LogP contribution in [0.1, 0.15) is 24.3 Å². The van der Waals surface area contributed by atoms with Gasteiger partial charge in [-0.3, -0.25) is 4.21 Å². The number of furan rings is 1. The molecule has 0 radical (unpaired) electrons. The summed E-state index contributed by atoms with van der Waals surface area (Å²) >= 11 is 0. The van der Waals surface area contributed by atoms with Crippen LogP contribution in [0.15, 0.2) is 22.6 Å². The third-order valence-corrected chi connectivity index (χ3v) is 4.38. The van der Waals surface area contributed by atoms with Crippen molar-refractivity contribution in [3.8, 4) is 5.75 Å². The number of carbonyl (C=O) groups is 1. The first-order valence-electron chi connectivity index (χ1n) is 7.33. The molecular formula is C16H22N2O4S. The second-order valence-electron chi connectivity index (χ2n) is 5.35. The van der Waals surface area contributed by atoms with Crippen LogP contribution in [-0.4, -0.2) is 35.9 Å². The van der Waals surface area contributed by atoms with E-state index in [2.05, 4.69) is 10.6 Å². The summed E-state index contributed by atoms with van der Waals surface area (Å²) in [6, 6.07) is 5.03. The molecule has 6 nitrogen and oxygen atoms in total. The number of hydrogen-bond acceptors (Lipinski definition) is 4. The fourth-order valence-electron chi connectivity index (χ4n) is 2.38. The van der Waals surface area contributed by atoms with Gasteiger partial charge >= 0.3 is 6.03 Å². The standard InChI is InChI=1S/C16H22N2O4S/c1-10-13-9-12(21-3)5-6-14(13)22-15(10)11(2)18-16(19)17-7-8-23(4)20/h5-6,9,11H,7-8H2,1-4H3,(H2,17,18,19)/t11-,23+/m1/s1. The molecule has 2 aromatic rings. The molecule has 126 valence electrons. The maximum atomic E-state index is 11.9. The van der Waals surface area contributed by atoms with Gasteiger partial charge in [-0.25, -0.2) is 4.79 Å². The Bertz CT molecular complexity index is 726. The molecule has 0 aliphatic heterocycles. The second-order valence-corrected chi connectivity index (χ2v) is 6.91. The van der Waals surface area contributed by atoms with Crippen LogP contribution in [0.4, 0.5) is 4.79 Å². The van der Waals surface area contributed by atoms with Crippen molar-refractivity contribution in [2.45, 2.75) is 19.9 Å². The van der Waals surface area contributed by atoms with E-state index in [9.17, 15) is 9.00 Å². The highest BCUT2D eigenvalue weighted by Crippen LogP contribution is 2.31. The van der Waals surface area contributed by atoms with Gasteiger partial charge in [0.05, 0.1) is 13.2 Å². The van der Waals surface area contributed by atoms with Crippen molar-refractivity contribution in [2.75, 3.05) is 25.7 Å². The van der Waals surface area contributed by atoms with Gasteiger partial charge in [0.15, 0.2) is 0 Å². The fraction of sp³-hybridized carbons (Fsp3) is 0.438. The fourth-order valence-corrected chi connectivity index (χ4v) is 2.77. The van der Waals surface area contributed by atoms with E-state index < -0.39 is 10.8 Å². The molecule has 0 bridgehead atoms. The van der Waals surface area contributed by atoms with E-state index in [1.165, 1.54) is 0 Å². The van der Waals surface area contributed by atoms with Gasteiger partial charge in [-0.15, -0.1) is 0 Å². The minimum Gasteiger partial charge on any atom is -0.497 e. The summed E-state index contributed by atoms with van der Waals surface area (Å²) in [6.45, 7) is 4.19. The van der Waals surface area contributed by atoms with Crippen molar-refractivity contribution in [2.24, 2.45) is 0 Å². The molecule has 23 heavy (non-hydrogen) atoms. The highest BCUT2D eigenvalue weighted by molar-refractivity contribution is 7.84. The first-order chi connectivity index (χ1) is 10.9. The third kappa shape index (κ3) is 4.25. The summed E-state index contributed by atoms with van der Waals surface area (Å²) in [5.41, 5.74) is 1.73. The van der Waals surface area contributed by atoms with E-state index in [-0.39, 0.29) is 12.1 Å². The van der Waals surface area contributed by atoms with Crippen LogP contribution >= 0.6 is 0 Å². The Morgan fingerprint density at radius 1 is 1.43 bits per heavy atom. The lowest BCUT2D eigenvalue weighted by molar-refractivity contribution is 0.237. The summed E-state index contributed by atoms with van der Waals surface area (Å²) in [6.07, 6.45) is 1.61. The molecular weight excluding hydrogens is 316 g/mol. The number of urea groups is 1. The summed E-state index contributed by atoms with van der Waals surface area (Å²) in [7, 11) is 0.699. The van der Waals surface area contributed by atoms with Crippen LogP contribution in [-0.2, 0) is 10.8 Å². The molecule has 1 aromatic heterocycles. The Kier molecular flexibility index (Phi) is 5.65. The topological polar surface area (TPSA) is 80.6 Å². The molecule has 2 amide bonds. The lowest BCUT2D eigenvalue weighted by atomic mass is 10.1. The van der Waals surface area contributed by atoms with Crippen LogP contribution < -0.4 is 15.4 Å². The predicted molar refractivity (Wildman–Crippen MR) is 91.4 cm³/mol.